The van der Waals surface area contributed by atoms with Crippen molar-refractivity contribution in [3.8, 4) is 5.75 Å². The number of fused-ring (bicyclic) bond motifs is 3. The molecule has 0 amide bonds. The number of anilines is 1. The van der Waals surface area contributed by atoms with Gasteiger partial charge in [0.25, 0.3) is 5.56 Å². The molecule has 2 atom stereocenters. The summed E-state index contributed by atoms with van der Waals surface area (Å²) in [6.45, 7) is 5.33. The molecule has 7 rings (SSSR count). The normalized spacial score (nSPS) is 22.9. The van der Waals surface area contributed by atoms with Crippen molar-refractivity contribution in [2.24, 2.45) is 11.1 Å². The molecule has 3 aliphatic rings. The van der Waals surface area contributed by atoms with Crippen LogP contribution in [-0.2, 0) is 11.2 Å². The zero-order chi connectivity index (χ0) is 26.9. The monoisotopic (exact) mass is 532 g/mol. The Balaban J connectivity index is 1.15. The van der Waals surface area contributed by atoms with E-state index in [4.69, 9.17) is 10.5 Å². The van der Waals surface area contributed by atoms with Gasteiger partial charge in [-0.1, -0.05) is 49.0 Å². The van der Waals surface area contributed by atoms with Crippen molar-refractivity contribution in [1.29, 1.82) is 0 Å². The summed E-state index contributed by atoms with van der Waals surface area (Å²) in [5.74, 6) is 0.397. The van der Waals surface area contributed by atoms with Crippen molar-refractivity contribution in [3.05, 3.63) is 87.8 Å². The maximum absolute atomic E-state index is 14.2. The Labute approximate surface area is 221 Å². The van der Waals surface area contributed by atoms with Gasteiger partial charge in [0.2, 0.25) is 5.95 Å². The fourth-order valence-electron chi connectivity index (χ4n) is 6.30. The number of hydrogen-bond donors (Lipinski definition) is 3. The second-order valence-electron chi connectivity index (χ2n) is 10.5. The summed E-state index contributed by atoms with van der Waals surface area (Å²) in [4.78, 5) is 22.8. The predicted octanol–water partition coefficient (Wildman–Crippen LogP) is 4.20. The largest absolute Gasteiger partial charge is 0.536 e. The van der Waals surface area contributed by atoms with Gasteiger partial charge in [0.1, 0.15) is 22.9 Å². The highest BCUT2D eigenvalue weighted by Gasteiger charge is 2.47. The highest BCUT2D eigenvalue weighted by Crippen LogP contribution is 2.51. The number of piperidine rings is 1. The highest BCUT2D eigenvalue weighted by molar-refractivity contribution is 5.89. The van der Waals surface area contributed by atoms with Crippen LogP contribution in [0, 0.1) is 5.41 Å². The summed E-state index contributed by atoms with van der Waals surface area (Å²) < 4.78 is 37.9. The van der Waals surface area contributed by atoms with Crippen molar-refractivity contribution < 1.29 is 18.3 Å². The van der Waals surface area contributed by atoms with Crippen LogP contribution in [-0.4, -0.2) is 39.5 Å². The molecule has 1 unspecified atom stereocenters. The molecule has 2 aromatic heterocycles. The van der Waals surface area contributed by atoms with Crippen LogP contribution in [0.3, 0.4) is 0 Å². The maximum atomic E-state index is 14.2. The van der Waals surface area contributed by atoms with E-state index in [1.165, 1.54) is 17.2 Å². The number of alkyl halides is 2. The van der Waals surface area contributed by atoms with Gasteiger partial charge < -0.3 is 15.4 Å². The molecule has 200 valence electrons. The molecule has 1 spiro atoms. The number of ether oxygens (including phenoxy) is 2. The standard InChI is InChI=1S/C28H26F2N6O3/c1-15(22-18-8-4-5-9-19(18)38-28(29,30)39-22)21-20-24(35-34-21)32-26(33-25(20)37)36-12-10-27(11-13-36)14-16-6-2-3-7-17(16)23(27)31/h2-9,22-23H,1,10-14,31H2,(H2,32,33,34,35,37)/t22-,23?/m0/s1. The molecule has 2 aromatic carbocycles. The second-order valence-corrected chi connectivity index (χ2v) is 10.5. The minimum absolute atomic E-state index is 0.00839. The Kier molecular flexibility index (Phi) is 5.20. The molecule has 4 heterocycles. The summed E-state index contributed by atoms with van der Waals surface area (Å²) in [7, 11) is 0. The van der Waals surface area contributed by atoms with Crippen LogP contribution in [0.5, 0.6) is 5.75 Å². The van der Waals surface area contributed by atoms with Crippen LogP contribution in [0.15, 0.2) is 59.9 Å². The lowest BCUT2D eigenvalue weighted by molar-refractivity contribution is -0.374. The lowest BCUT2D eigenvalue weighted by Gasteiger charge is -2.42. The molecule has 2 aliphatic heterocycles. The van der Waals surface area contributed by atoms with Gasteiger partial charge in [0.15, 0.2) is 5.65 Å². The van der Waals surface area contributed by atoms with Crippen LogP contribution in [0.25, 0.3) is 16.6 Å². The van der Waals surface area contributed by atoms with Gasteiger partial charge in [-0.2, -0.15) is 10.1 Å². The Morgan fingerprint density at radius 3 is 2.59 bits per heavy atom. The number of nitrogens with two attached hydrogens (primary N) is 1. The molecule has 0 bridgehead atoms. The SMILES string of the molecule is C=C(c1n[nH]c2nc(N3CCC4(CC3)Cc3ccccc3C4N)[nH]c(=O)c12)[C@@H]1OC(F)(F)Oc2ccccc21. The van der Waals surface area contributed by atoms with Crippen molar-refractivity contribution in [3.63, 3.8) is 0 Å². The maximum Gasteiger partial charge on any atom is 0.536 e. The molecular formula is C28H26F2N6O3. The average Bonchev–Trinajstić information content (AvgIpc) is 3.47. The van der Waals surface area contributed by atoms with Crippen molar-refractivity contribution >= 4 is 22.6 Å². The highest BCUT2D eigenvalue weighted by atomic mass is 19.3. The number of nitrogens with zero attached hydrogens (tertiary/aromatic N) is 3. The second kappa shape index (κ2) is 8.45. The third-order valence-electron chi connectivity index (χ3n) is 8.37. The lowest BCUT2D eigenvalue weighted by atomic mass is 9.73. The van der Waals surface area contributed by atoms with E-state index in [0.717, 1.165) is 19.3 Å². The van der Waals surface area contributed by atoms with Crippen LogP contribution in [0.1, 0.15) is 47.4 Å². The van der Waals surface area contributed by atoms with E-state index in [0.29, 0.717) is 24.6 Å². The van der Waals surface area contributed by atoms with Crippen LogP contribution >= 0.6 is 0 Å². The van der Waals surface area contributed by atoms with E-state index >= 15 is 0 Å². The Morgan fingerprint density at radius 2 is 1.82 bits per heavy atom. The summed E-state index contributed by atoms with van der Waals surface area (Å²) in [6.07, 6.45) is -2.45. The minimum Gasteiger partial charge on any atom is -0.409 e. The molecule has 1 aliphatic carbocycles. The molecule has 39 heavy (non-hydrogen) atoms. The summed E-state index contributed by atoms with van der Waals surface area (Å²) in [5, 5.41) is 7.13. The number of aromatic amines is 2. The van der Waals surface area contributed by atoms with E-state index in [-0.39, 0.29) is 39.5 Å². The molecule has 4 N–H and O–H groups in total. The first-order valence-electron chi connectivity index (χ1n) is 12.8. The fourth-order valence-corrected chi connectivity index (χ4v) is 6.30. The quantitative estimate of drug-likeness (QED) is 0.361. The number of aromatic nitrogens is 4. The van der Waals surface area contributed by atoms with Crippen LogP contribution < -0.4 is 20.9 Å². The Bertz CT molecular complexity index is 1670. The van der Waals surface area contributed by atoms with Crippen LogP contribution in [0.2, 0.25) is 0 Å². The van der Waals surface area contributed by atoms with Crippen LogP contribution in [0.4, 0.5) is 14.7 Å². The minimum atomic E-state index is -3.86. The van der Waals surface area contributed by atoms with Gasteiger partial charge in [-0.05, 0) is 41.9 Å². The average molecular weight is 533 g/mol. The summed E-state index contributed by atoms with van der Waals surface area (Å²) in [5.41, 5.74) is 9.57. The molecular weight excluding hydrogens is 506 g/mol. The van der Waals surface area contributed by atoms with Crippen molar-refractivity contribution in [2.45, 2.75) is 37.7 Å². The van der Waals surface area contributed by atoms with Gasteiger partial charge in [0, 0.05) is 30.3 Å². The first kappa shape index (κ1) is 24.0. The summed E-state index contributed by atoms with van der Waals surface area (Å²) in [6, 6.07) is 14.6. The topological polar surface area (TPSA) is 122 Å². The first-order valence-corrected chi connectivity index (χ1v) is 12.8. The number of benzene rings is 2. The van der Waals surface area contributed by atoms with Gasteiger partial charge in [-0.15, -0.1) is 8.78 Å². The number of nitrogens with one attached hydrogen (secondary N) is 2. The van der Waals surface area contributed by atoms with E-state index in [9.17, 15) is 13.6 Å². The van der Waals surface area contributed by atoms with E-state index in [2.05, 4.69) is 49.7 Å². The molecule has 1 fully saturated rings. The molecule has 0 saturated carbocycles. The fraction of sp³-hybridized carbons (Fsp3) is 0.321. The van der Waals surface area contributed by atoms with Crippen molar-refractivity contribution in [2.75, 3.05) is 18.0 Å². The third-order valence-corrected chi connectivity index (χ3v) is 8.37. The van der Waals surface area contributed by atoms with Gasteiger partial charge >= 0.3 is 6.29 Å². The molecule has 1 saturated heterocycles. The van der Waals surface area contributed by atoms with E-state index in [1.54, 1.807) is 18.2 Å². The van der Waals surface area contributed by atoms with E-state index < -0.39 is 18.0 Å². The predicted molar refractivity (Wildman–Crippen MR) is 140 cm³/mol. The lowest BCUT2D eigenvalue weighted by Crippen LogP contribution is -2.45. The third kappa shape index (κ3) is 3.75. The number of rotatable bonds is 3. The van der Waals surface area contributed by atoms with Crippen molar-refractivity contribution in [1.82, 2.24) is 20.2 Å². The molecule has 0 radical (unpaired) electrons. The smallest absolute Gasteiger partial charge is 0.409 e. The van der Waals surface area contributed by atoms with Gasteiger partial charge in [-0.3, -0.25) is 19.6 Å². The first-order chi connectivity index (χ1) is 18.7. The van der Waals surface area contributed by atoms with Gasteiger partial charge in [-0.25, -0.2) is 0 Å². The zero-order valence-corrected chi connectivity index (χ0v) is 20.9. The number of para-hydroxylation sites is 1. The number of hydrogen-bond acceptors (Lipinski definition) is 7. The summed E-state index contributed by atoms with van der Waals surface area (Å²) >= 11 is 0. The van der Waals surface area contributed by atoms with Gasteiger partial charge in [0.05, 0.1) is 0 Å². The Hall–Kier alpha value is -4.09. The van der Waals surface area contributed by atoms with E-state index in [1.807, 2.05) is 11.0 Å². The Morgan fingerprint density at radius 1 is 1.10 bits per heavy atom. The zero-order valence-electron chi connectivity index (χ0n) is 20.9. The molecule has 9 nitrogen and oxygen atoms in total. The number of H-pyrrole nitrogens is 2. The molecule has 11 heteroatoms. The number of halogens is 2. The molecule has 4 aromatic rings.